The number of fused-ring (bicyclic) bond motifs is 2. The Kier molecular flexibility index (Phi) is 2.26. The number of rotatable bonds is 2. The maximum atomic E-state index is 11.2. The lowest BCUT2D eigenvalue weighted by Crippen LogP contribution is -1.96. The van der Waals surface area contributed by atoms with Crippen molar-refractivity contribution in [1.29, 1.82) is 0 Å². The van der Waals surface area contributed by atoms with E-state index in [9.17, 15) is 4.79 Å². The van der Waals surface area contributed by atoms with Crippen molar-refractivity contribution in [1.82, 2.24) is 0 Å². The summed E-state index contributed by atoms with van der Waals surface area (Å²) in [6.45, 7) is 0. The predicted molar refractivity (Wildman–Crippen MR) is 65.4 cm³/mol. The molecule has 0 spiro atoms. The van der Waals surface area contributed by atoms with E-state index in [0.29, 0.717) is 28.1 Å². The number of hydrogen-bond donors (Lipinski definition) is 0. The maximum Gasteiger partial charge on any atom is 0.336 e. The van der Waals surface area contributed by atoms with E-state index >= 15 is 0 Å². The minimum atomic E-state index is -0.414. The van der Waals surface area contributed by atoms with Crippen molar-refractivity contribution in [3.8, 4) is 11.5 Å². The third kappa shape index (κ3) is 1.37. The van der Waals surface area contributed by atoms with Gasteiger partial charge in [0.2, 0.25) is 0 Å². The molecule has 0 saturated heterocycles. The van der Waals surface area contributed by atoms with Crippen LogP contribution in [0.2, 0.25) is 0 Å². The molecule has 2 aromatic heterocycles. The Hall–Kier alpha value is -2.43. The monoisotopic (exact) mass is 246 g/mol. The highest BCUT2D eigenvalue weighted by atomic mass is 16.5. The summed E-state index contributed by atoms with van der Waals surface area (Å²) < 4.78 is 21.1. The third-order valence-corrected chi connectivity index (χ3v) is 2.81. The highest BCUT2D eigenvalue weighted by Crippen LogP contribution is 2.40. The molecule has 0 N–H and O–H groups in total. The molecule has 1 aromatic carbocycles. The van der Waals surface area contributed by atoms with Crippen LogP contribution in [0.4, 0.5) is 0 Å². The molecule has 0 bridgehead atoms. The van der Waals surface area contributed by atoms with E-state index in [2.05, 4.69) is 0 Å². The van der Waals surface area contributed by atoms with Gasteiger partial charge < -0.3 is 18.3 Å². The molecule has 0 aliphatic heterocycles. The normalized spacial score (nSPS) is 11.0. The zero-order valence-corrected chi connectivity index (χ0v) is 9.85. The first-order chi connectivity index (χ1) is 8.74. The largest absolute Gasteiger partial charge is 0.495 e. The summed E-state index contributed by atoms with van der Waals surface area (Å²) in [5.41, 5.74) is 0.553. The molecular formula is C13H10O5. The lowest BCUT2D eigenvalue weighted by molar-refractivity contribution is 0.403. The van der Waals surface area contributed by atoms with Gasteiger partial charge in [-0.25, -0.2) is 4.79 Å². The molecule has 0 aliphatic carbocycles. The van der Waals surface area contributed by atoms with Crippen molar-refractivity contribution in [2.45, 2.75) is 0 Å². The summed E-state index contributed by atoms with van der Waals surface area (Å²) in [5, 5.41) is 1.42. The van der Waals surface area contributed by atoms with E-state index in [1.54, 1.807) is 26.4 Å². The van der Waals surface area contributed by atoms with Crippen LogP contribution in [-0.4, -0.2) is 14.2 Å². The van der Waals surface area contributed by atoms with E-state index in [-0.39, 0.29) is 0 Å². The van der Waals surface area contributed by atoms with Crippen molar-refractivity contribution in [3.05, 3.63) is 34.9 Å². The van der Waals surface area contributed by atoms with Crippen LogP contribution in [0, 0.1) is 0 Å². The van der Waals surface area contributed by atoms with Gasteiger partial charge in [0, 0.05) is 12.1 Å². The van der Waals surface area contributed by atoms with Gasteiger partial charge in [0.1, 0.15) is 28.6 Å². The van der Waals surface area contributed by atoms with Crippen LogP contribution in [-0.2, 0) is 0 Å². The van der Waals surface area contributed by atoms with E-state index in [0.717, 1.165) is 5.39 Å². The minimum absolute atomic E-state index is 0.414. The molecule has 0 aliphatic rings. The summed E-state index contributed by atoms with van der Waals surface area (Å²) in [6, 6.07) is 4.66. The lowest BCUT2D eigenvalue weighted by Gasteiger charge is -2.06. The summed E-state index contributed by atoms with van der Waals surface area (Å²) in [4.78, 5) is 11.2. The zero-order chi connectivity index (χ0) is 12.7. The Balaban J connectivity index is 2.54. The van der Waals surface area contributed by atoms with Gasteiger partial charge in [-0.05, 0) is 6.07 Å². The minimum Gasteiger partial charge on any atom is -0.495 e. The van der Waals surface area contributed by atoms with Gasteiger partial charge in [-0.3, -0.25) is 0 Å². The van der Waals surface area contributed by atoms with E-state index < -0.39 is 5.63 Å². The zero-order valence-electron chi connectivity index (χ0n) is 9.85. The van der Waals surface area contributed by atoms with Crippen molar-refractivity contribution in [2.75, 3.05) is 14.2 Å². The SMILES string of the molecule is COc1coc2cc3oc(=O)ccc3c(OC)c12. The second-order valence-electron chi connectivity index (χ2n) is 3.75. The molecular weight excluding hydrogens is 236 g/mol. The van der Waals surface area contributed by atoms with Gasteiger partial charge in [0.15, 0.2) is 5.75 Å². The Bertz CT molecular complexity index is 781. The molecule has 0 fully saturated rings. The van der Waals surface area contributed by atoms with Crippen LogP contribution >= 0.6 is 0 Å². The molecule has 2 heterocycles. The molecule has 0 amide bonds. The standard InChI is InChI=1S/C13H10O5/c1-15-10-6-17-9-5-8-7(3-4-11(14)18-8)13(16-2)12(9)10/h3-6H,1-2H3. The molecule has 0 radical (unpaired) electrons. The number of methoxy groups -OCH3 is 2. The van der Waals surface area contributed by atoms with Gasteiger partial charge >= 0.3 is 5.63 Å². The summed E-state index contributed by atoms with van der Waals surface area (Å²) in [6.07, 6.45) is 1.49. The van der Waals surface area contributed by atoms with Crippen LogP contribution in [0.25, 0.3) is 21.9 Å². The van der Waals surface area contributed by atoms with E-state index in [4.69, 9.17) is 18.3 Å². The Morgan fingerprint density at radius 3 is 2.67 bits per heavy atom. The van der Waals surface area contributed by atoms with E-state index in [1.807, 2.05) is 0 Å². The van der Waals surface area contributed by atoms with Crippen molar-refractivity contribution < 1.29 is 18.3 Å². The molecule has 0 unspecified atom stereocenters. The van der Waals surface area contributed by atoms with Gasteiger partial charge in [-0.1, -0.05) is 0 Å². The summed E-state index contributed by atoms with van der Waals surface area (Å²) in [7, 11) is 3.10. The van der Waals surface area contributed by atoms with Crippen LogP contribution in [0.1, 0.15) is 0 Å². The van der Waals surface area contributed by atoms with Crippen LogP contribution < -0.4 is 15.1 Å². The van der Waals surface area contributed by atoms with Crippen molar-refractivity contribution >= 4 is 21.9 Å². The molecule has 3 rings (SSSR count). The van der Waals surface area contributed by atoms with Gasteiger partial charge in [-0.2, -0.15) is 0 Å². The summed E-state index contributed by atoms with van der Waals surface area (Å²) in [5.74, 6) is 1.15. The average Bonchev–Trinajstić information content (AvgIpc) is 2.78. The molecule has 0 atom stereocenters. The highest BCUT2D eigenvalue weighted by molar-refractivity contribution is 6.04. The fourth-order valence-electron chi connectivity index (χ4n) is 2.03. The first kappa shape index (κ1) is 10.7. The Morgan fingerprint density at radius 2 is 1.94 bits per heavy atom. The molecule has 92 valence electrons. The first-order valence-electron chi connectivity index (χ1n) is 5.30. The first-order valence-corrected chi connectivity index (χ1v) is 5.30. The van der Waals surface area contributed by atoms with Crippen molar-refractivity contribution in [3.63, 3.8) is 0 Å². The van der Waals surface area contributed by atoms with Gasteiger partial charge in [-0.15, -0.1) is 0 Å². The fourth-order valence-corrected chi connectivity index (χ4v) is 2.03. The maximum absolute atomic E-state index is 11.2. The summed E-state index contributed by atoms with van der Waals surface area (Å²) >= 11 is 0. The molecule has 5 heteroatoms. The number of furan rings is 1. The fraction of sp³-hybridized carbons (Fsp3) is 0.154. The lowest BCUT2D eigenvalue weighted by atomic mass is 10.1. The van der Waals surface area contributed by atoms with Crippen LogP contribution in [0.15, 0.2) is 38.1 Å². The highest BCUT2D eigenvalue weighted by Gasteiger charge is 2.17. The molecule has 3 aromatic rings. The van der Waals surface area contributed by atoms with Crippen LogP contribution in [0.5, 0.6) is 11.5 Å². The third-order valence-electron chi connectivity index (χ3n) is 2.81. The van der Waals surface area contributed by atoms with Crippen molar-refractivity contribution in [2.24, 2.45) is 0 Å². The number of hydrogen-bond acceptors (Lipinski definition) is 5. The Morgan fingerprint density at radius 1 is 1.11 bits per heavy atom. The van der Waals surface area contributed by atoms with E-state index in [1.165, 1.54) is 12.3 Å². The smallest absolute Gasteiger partial charge is 0.336 e. The number of benzene rings is 1. The topological polar surface area (TPSA) is 61.8 Å². The quantitative estimate of drug-likeness (QED) is 0.650. The van der Waals surface area contributed by atoms with Crippen LogP contribution in [0.3, 0.4) is 0 Å². The average molecular weight is 246 g/mol. The van der Waals surface area contributed by atoms with Gasteiger partial charge in [0.25, 0.3) is 0 Å². The number of ether oxygens (including phenoxy) is 2. The molecule has 0 saturated carbocycles. The predicted octanol–water partition coefficient (Wildman–Crippen LogP) is 2.56. The second-order valence-corrected chi connectivity index (χ2v) is 3.75. The second kappa shape index (κ2) is 3.80. The molecule has 18 heavy (non-hydrogen) atoms. The van der Waals surface area contributed by atoms with Gasteiger partial charge in [0.05, 0.1) is 19.6 Å². The molecule has 5 nitrogen and oxygen atoms in total. The Labute approximate surface area is 102 Å².